The summed E-state index contributed by atoms with van der Waals surface area (Å²) in [7, 11) is 0. The Morgan fingerprint density at radius 1 is 1.09 bits per heavy atom. The normalized spacial score (nSPS) is 15.1. The number of nitrogens with one attached hydrogen (secondary N) is 2. The van der Waals surface area contributed by atoms with Crippen molar-refractivity contribution in [2.75, 3.05) is 28.6 Å². The van der Waals surface area contributed by atoms with Crippen molar-refractivity contribution in [2.45, 2.75) is 45.8 Å². The van der Waals surface area contributed by atoms with Gasteiger partial charge in [0.25, 0.3) is 0 Å². The minimum Gasteiger partial charge on any atom is -0.373 e. The summed E-state index contributed by atoms with van der Waals surface area (Å²) in [5.74, 6) is 1.10. The lowest BCUT2D eigenvalue weighted by Gasteiger charge is -2.31. The Hall–Kier alpha value is -3.52. The van der Waals surface area contributed by atoms with Crippen LogP contribution in [0.4, 0.5) is 23.3 Å². The lowest BCUT2D eigenvalue weighted by Crippen LogP contribution is -2.38. The maximum atomic E-state index is 12.2. The van der Waals surface area contributed by atoms with Crippen molar-refractivity contribution >= 4 is 29.2 Å². The van der Waals surface area contributed by atoms with E-state index >= 15 is 0 Å². The number of carbonyl (C=O) groups is 1. The fraction of sp³-hybridized carbons (Fsp3) is 0.385. The highest BCUT2D eigenvalue weighted by Gasteiger charge is 2.22. The summed E-state index contributed by atoms with van der Waals surface area (Å²) in [4.78, 5) is 27.6. The second-order valence-electron chi connectivity index (χ2n) is 8.60. The second kappa shape index (κ2) is 11.6. The molecule has 3 aromatic rings. The number of hydrogen-bond acceptors (Lipinski definition) is 7. The Bertz CT molecular complexity index is 1070. The van der Waals surface area contributed by atoms with Gasteiger partial charge in [0, 0.05) is 30.4 Å². The molecule has 8 heteroatoms. The molecule has 1 fully saturated rings. The zero-order valence-electron chi connectivity index (χ0n) is 19.8. The van der Waals surface area contributed by atoms with Crippen molar-refractivity contribution in [1.82, 2.24) is 15.0 Å². The number of amides is 1. The predicted octanol–water partition coefficient (Wildman–Crippen LogP) is 4.79. The smallest absolute Gasteiger partial charge is 0.231 e. The van der Waals surface area contributed by atoms with Crippen LogP contribution in [0.3, 0.4) is 0 Å². The average Bonchev–Trinajstić information content (AvgIpc) is 2.88. The number of anilines is 4. The summed E-state index contributed by atoms with van der Waals surface area (Å²) in [6.07, 6.45) is 4.42. The summed E-state index contributed by atoms with van der Waals surface area (Å²) in [6, 6.07) is 17.8. The molecule has 4 rings (SSSR count). The Morgan fingerprint density at radius 3 is 2.62 bits per heavy atom. The molecule has 1 aliphatic heterocycles. The van der Waals surface area contributed by atoms with Gasteiger partial charge in [-0.05, 0) is 43.0 Å². The fourth-order valence-electron chi connectivity index (χ4n) is 3.77. The lowest BCUT2D eigenvalue weighted by molar-refractivity contribution is -0.119. The number of nitrogens with zero attached hydrogens (tertiary/aromatic N) is 4. The molecule has 2 aromatic carbocycles. The van der Waals surface area contributed by atoms with Gasteiger partial charge in [-0.25, -0.2) is 9.97 Å². The van der Waals surface area contributed by atoms with E-state index < -0.39 is 0 Å². The van der Waals surface area contributed by atoms with E-state index in [1.54, 1.807) is 0 Å². The number of aromatic nitrogens is 3. The molecule has 0 unspecified atom stereocenters. The third-order valence-electron chi connectivity index (χ3n) is 6.06. The third kappa shape index (κ3) is 6.51. The first-order chi connectivity index (χ1) is 16.6. The first kappa shape index (κ1) is 23.6. The Morgan fingerprint density at radius 2 is 1.85 bits per heavy atom. The fourth-order valence-corrected chi connectivity index (χ4v) is 3.77. The average molecular weight is 461 g/mol. The van der Waals surface area contributed by atoms with Crippen molar-refractivity contribution in [3.8, 4) is 0 Å². The van der Waals surface area contributed by atoms with Crippen LogP contribution in [0, 0.1) is 5.92 Å². The molecule has 1 amide bonds. The molecule has 34 heavy (non-hydrogen) atoms. The van der Waals surface area contributed by atoms with E-state index in [4.69, 9.17) is 4.74 Å². The zero-order valence-corrected chi connectivity index (χ0v) is 19.8. The molecule has 0 saturated carbocycles. The largest absolute Gasteiger partial charge is 0.373 e. The van der Waals surface area contributed by atoms with Crippen LogP contribution in [0.1, 0.15) is 38.7 Å². The van der Waals surface area contributed by atoms with Crippen molar-refractivity contribution < 1.29 is 9.53 Å². The maximum absolute atomic E-state index is 12.2. The van der Waals surface area contributed by atoms with Crippen molar-refractivity contribution in [1.29, 1.82) is 0 Å². The van der Waals surface area contributed by atoms with Gasteiger partial charge in [0.2, 0.25) is 17.8 Å². The topological polar surface area (TPSA) is 92.3 Å². The summed E-state index contributed by atoms with van der Waals surface area (Å²) < 4.78 is 6.09. The minimum absolute atomic E-state index is 0.0123. The number of carbonyl (C=O) groups excluding carboxylic acids is 1. The molecule has 1 aromatic heterocycles. The van der Waals surface area contributed by atoms with Gasteiger partial charge in [0.1, 0.15) is 6.33 Å². The van der Waals surface area contributed by atoms with Crippen LogP contribution in [-0.4, -0.2) is 40.1 Å². The first-order valence-corrected chi connectivity index (χ1v) is 11.9. The minimum atomic E-state index is -0.0319. The highest BCUT2D eigenvalue weighted by molar-refractivity contribution is 5.92. The molecule has 8 nitrogen and oxygen atoms in total. The Balaban J connectivity index is 1.31. The molecule has 0 radical (unpaired) electrons. The van der Waals surface area contributed by atoms with Gasteiger partial charge in [-0.1, -0.05) is 50.2 Å². The van der Waals surface area contributed by atoms with Gasteiger partial charge < -0.3 is 20.3 Å². The number of rotatable bonds is 9. The van der Waals surface area contributed by atoms with Crippen LogP contribution in [0.2, 0.25) is 0 Å². The van der Waals surface area contributed by atoms with E-state index in [0.717, 1.165) is 43.7 Å². The molecule has 0 spiro atoms. The summed E-state index contributed by atoms with van der Waals surface area (Å²) in [5, 5.41) is 6.18. The van der Waals surface area contributed by atoms with E-state index in [1.807, 2.05) is 56.3 Å². The van der Waals surface area contributed by atoms with Crippen LogP contribution >= 0.6 is 0 Å². The van der Waals surface area contributed by atoms with Gasteiger partial charge in [0.15, 0.2) is 0 Å². The number of ether oxygens (including phenoxy) is 1. The highest BCUT2D eigenvalue weighted by Crippen LogP contribution is 2.22. The van der Waals surface area contributed by atoms with E-state index in [9.17, 15) is 4.79 Å². The molecule has 178 valence electrons. The van der Waals surface area contributed by atoms with E-state index in [-0.39, 0.29) is 17.9 Å². The summed E-state index contributed by atoms with van der Waals surface area (Å²) >= 11 is 0. The third-order valence-corrected chi connectivity index (χ3v) is 6.06. The van der Waals surface area contributed by atoms with Crippen molar-refractivity contribution in [3.63, 3.8) is 0 Å². The van der Waals surface area contributed by atoms with Crippen LogP contribution in [0.15, 0.2) is 60.9 Å². The van der Waals surface area contributed by atoms with Crippen LogP contribution in [0.25, 0.3) is 0 Å². The molecule has 1 atom stereocenters. The van der Waals surface area contributed by atoms with Crippen molar-refractivity contribution in [2.24, 2.45) is 5.92 Å². The number of piperidine rings is 1. The second-order valence-corrected chi connectivity index (χ2v) is 8.60. The predicted molar refractivity (Wildman–Crippen MR) is 134 cm³/mol. The maximum Gasteiger partial charge on any atom is 0.231 e. The van der Waals surface area contributed by atoms with Gasteiger partial charge >= 0.3 is 0 Å². The molecule has 0 aliphatic carbocycles. The summed E-state index contributed by atoms with van der Waals surface area (Å²) in [5.41, 5.74) is 2.73. The quantitative estimate of drug-likeness (QED) is 0.474. The molecule has 1 saturated heterocycles. The number of benzene rings is 2. The molecular weight excluding hydrogens is 428 g/mol. The van der Waals surface area contributed by atoms with Gasteiger partial charge in [-0.15, -0.1) is 0 Å². The van der Waals surface area contributed by atoms with Crippen molar-refractivity contribution in [3.05, 3.63) is 66.5 Å². The molecular formula is C26H32N6O2. The Labute approximate surface area is 200 Å². The van der Waals surface area contributed by atoms with Crippen LogP contribution in [-0.2, 0) is 16.1 Å². The van der Waals surface area contributed by atoms with Crippen LogP contribution in [0.5, 0.6) is 0 Å². The standard InChI is InChI=1S/C26H32N6O2/c1-3-19(2)24(33)29-21-10-7-11-22(16-21)30-25-27-18-28-26(31-25)32-14-12-23(13-15-32)34-17-20-8-5-4-6-9-20/h4-11,16,18-19,23H,3,12-15,17H2,1-2H3,(H,29,33)(H,27,28,30,31)/t19-/m0/s1. The molecule has 2 N–H and O–H groups in total. The lowest BCUT2D eigenvalue weighted by atomic mass is 10.1. The van der Waals surface area contributed by atoms with E-state index in [1.165, 1.54) is 11.9 Å². The number of hydrogen-bond donors (Lipinski definition) is 2. The first-order valence-electron chi connectivity index (χ1n) is 11.9. The van der Waals surface area contributed by atoms with E-state index in [0.29, 0.717) is 18.5 Å². The van der Waals surface area contributed by atoms with Crippen LogP contribution < -0.4 is 15.5 Å². The van der Waals surface area contributed by atoms with Gasteiger partial charge in [-0.3, -0.25) is 4.79 Å². The zero-order chi connectivity index (χ0) is 23.8. The SMILES string of the molecule is CC[C@H](C)C(=O)Nc1cccc(Nc2ncnc(N3CCC(OCc4ccccc4)CC3)n2)c1. The van der Waals surface area contributed by atoms with E-state index in [2.05, 4.69) is 42.6 Å². The van der Waals surface area contributed by atoms with Gasteiger partial charge in [0.05, 0.1) is 12.7 Å². The Kier molecular flexibility index (Phi) is 8.04. The monoisotopic (exact) mass is 460 g/mol. The molecule has 0 bridgehead atoms. The molecule has 2 heterocycles. The van der Waals surface area contributed by atoms with Gasteiger partial charge in [-0.2, -0.15) is 4.98 Å². The summed E-state index contributed by atoms with van der Waals surface area (Å²) in [6.45, 7) is 6.23. The molecule has 1 aliphatic rings. The highest BCUT2D eigenvalue weighted by atomic mass is 16.5.